The Bertz CT molecular complexity index is 1390. The van der Waals surface area contributed by atoms with Gasteiger partial charge in [-0.1, -0.05) is 36.4 Å². The molecule has 0 spiro atoms. The Morgan fingerprint density at radius 1 is 1.21 bits per heavy atom. The van der Waals surface area contributed by atoms with Crippen LogP contribution in [0.25, 0.3) is 6.08 Å². The average Bonchev–Trinajstić information content (AvgIpc) is 3.89. The number of hydrogen-bond donors (Lipinski definition) is 3. The summed E-state index contributed by atoms with van der Waals surface area (Å²) in [5, 5.41) is 4.56. The number of ether oxygens (including phenoxy) is 2. The van der Waals surface area contributed by atoms with Crippen LogP contribution in [0.1, 0.15) is 49.7 Å². The Kier molecular flexibility index (Phi) is 8.69. The first-order chi connectivity index (χ1) is 20.1. The predicted molar refractivity (Wildman–Crippen MR) is 152 cm³/mol. The van der Waals surface area contributed by atoms with Crippen LogP contribution < -0.4 is 15.4 Å². The molecule has 4 bridgehead atoms. The van der Waals surface area contributed by atoms with Crippen LogP contribution in [0.15, 0.2) is 43.0 Å². The first-order valence-electron chi connectivity index (χ1n) is 14.2. The number of cyclic esters (lactones) is 1. The van der Waals surface area contributed by atoms with E-state index in [2.05, 4.69) is 21.9 Å². The number of amides is 4. The van der Waals surface area contributed by atoms with Crippen LogP contribution in [-0.4, -0.2) is 79.8 Å². The van der Waals surface area contributed by atoms with Crippen molar-refractivity contribution in [3.8, 4) is 0 Å². The minimum Gasteiger partial charge on any atom is -0.450 e. The van der Waals surface area contributed by atoms with E-state index in [9.17, 15) is 27.6 Å². The molecule has 12 nitrogen and oxygen atoms in total. The van der Waals surface area contributed by atoms with Crippen LogP contribution in [0.2, 0.25) is 0 Å². The Hall–Kier alpha value is -3.71. The van der Waals surface area contributed by atoms with E-state index < -0.39 is 69.2 Å². The lowest BCUT2D eigenvalue weighted by Gasteiger charge is -2.26. The zero-order chi connectivity index (χ0) is 29.9. The minimum atomic E-state index is -3.83. The van der Waals surface area contributed by atoms with Crippen molar-refractivity contribution in [2.75, 3.05) is 19.7 Å². The molecule has 13 heteroatoms. The summed E-state index contributed by atoms with van der Waals surface area (Å²) in [6.45, 7) is 3.86. The third-order valence-corrected chi connectivity index (χ3v) is 9.83. The number of hydrogen-bond acceptors (Lipinski definition) is 8. The summed E-state index contributed by atoms with van der Waals surface area (Å²) in [5.74, 6) is -2.41. The lowest BCUT2D eigenvalue weighted by Crippen LogP contribution is -2.57. The normalized spacial score (nSPS) is 29.2. The van der Waals surface area contributed by atoms with E-state index in [4.69, 9.17) is 9.47 Å². The Labute approximate surface area is 244 Å². The highest BCUT2D eigenvalue weighted by molar-refractivity contribution is 7.91. The summed E-state index contributed by atoms with van der Waals surface area (Å²) in [5.41, 5.74) is 0.445. The molecule has 1 aromatic carbocycles. The fourth-order valence-corrected chi connectivity index (χ4v) is 6.71. The lowest BCUT2D eigenvalue weighted by molar-refractivity contribution is -0.139. The van der Waals surface area contributed by atoms with Crippen molar-refractivity contribution in [3.05, 3.63) is 54.1 Å². The number of nitrogens with one attached hydrogen (secondary N) is 3. The van der Waals surface area contributed by atoms with Gasteiger partial charge in [0.2, 0.25) is 21.8 Å². The number of alkyl carbamates (subject to hydrolysis) is 1. The molecule has 2 saturated carbocycles. The van der Waals surface area contributed by atoms with Crippen molar-refractivity contribution in [2.24, 2.45) is 5.92 Å². The summed E-state index contributed by atoms with van der Waals surface area (Å²) < 4.78 is 38.3. The molecule has 0 radical (unpaired) electrons. The SMILES string of the molecule is C=C[C@@H]1C[C@]1(NC(=O)[C@@H]1C[C@@H]2CN1C(=O)CNC(=O)OCCC/C=C/c1cccc(c1)CO2)C(=O)NS(=O)(=O)C1CC1. The molecule has 4 amide bonds. The fourth-order valence-electron chi connectivity index (χ4n) is 5.35. The van der Waals surface area contributed by atoms with E-state index >= 15 is 0 Å². The van der Waals surface area contributed by atoms with Gasteiger partial charge in [0.15, 0.2) is 0 Å². The van der Waals surface area contributed by atoms with Gasteiger partial charge in [0.05, 0.1) is 24.6 Å². The number of rotatable bonds is 6. The van der Waals surface area contributed by atoms with Crippen LogP contribution in [-0.2, 0) is 40.5 Å². The molecule has 5 rings (SSSR count). The zero-order valence-electron chi connectivity index (χ0n) is 23.3. The molecular formula is C29H36N4O8S. The number of allylic oxidation sites excluding steroid dienone is 1. The van der Waals surface area contributed by atoms with Gasteiger partial charge >= 0.3 is 6.09 Å². The second-order valence-corrected chi connectivity index (χ2v) is 13.2. The van der Waals surface area contributed by atoms with Crippen LogP contribution in [0, 0.1) is 5.92 Å². The highest BCUT2D eigenvalue weighted by Gasteiger charge is 2.61. The molecule has 3 fully saturated rings. The number of fused-ring (bicyclic) bond motifs is 4. The van der Waals surface area contributed by atoms with Crippen LogP contribution >= 0.6 is 0 Å². The van der Waals surface area contributed by atoms with Crippen molar-refractivity contribution >= 4 is 39.9 Å². The second-order valence-electron chi connectivity index (χ2n) is 11.2. The number of carbonyl (C=O) groups is 4. The Balaban J connectivity index is 1.32. The molecule has 42 heavy (non-hydrogen) atoms. The summed E-state index contributed by atoms with van der Waals surface area (Å²) >= 11 is 0. The molecular weight excluding hydrogens is 564 g/mol. The number of carbonyl (C=O) groups excluding carboxylic acids is 4. The van der Waals surface area contributed by atoms with Crippen molar-refractivity contribution in [1.29, 1.82) is 0 Å². The molecule has 3 N–H and O–H groups in total. The maximum atomic E-state index is 13.6. The van der Waals surface area contributed by atoms with Crippen LogP contribution in [0.3, 0.4) is 0 Å². The molecule has 2 aliphatic carbocycles. The van der Waals surface area contributed by atoms with Gasteiger partial charge in [-0.2, -0.15) is 0 Å². The fraction of sp³-hybridized carbons (Fsp3) is 0.517. The van der Waals surface area contributed by atoms with Gasteiger partial charge < -0.3 is 25.0 Å². The molecule has 4 atom stereocenters. The summed E-state index contributed by atoms with van der Waals surface area (Å²) in [7, 11) is -3.83. The molecule has 4 aliphatic rings. The van der Waals surface area contributed by atoms with Gasteiger partial charge in [0.25, 0.3) is 5.91 Å². The summed E-state index contributed by atoms with van der Waals surface area (Å²) in [6, 6.07) is 6.81. The smallest absolute Gasteiger partial charge is 0.407 e. The topological polar surface area (TPSA) is 160 Å². The summed E-state index contributed by atoms with van der Waals surface area (Å²) in [6.07, 6.45) is 6.87. The molecule has 0 unspecified atom stereocenters. The standard InChI is InChI=1S/C29H36N4O8S/c1-2-21-15-29(21,27(36)32-42(38,39)23-10-11-23)31-26(35)24-14-22-17-33(24)25(34)16-30-28(37)40-12-5-3-4-7-19-8-6-9-20(13-19)18-41-22/h2,4,6-9,13,21-24H,1,3,5,10-12,14-18H2,(H,30,37)(H,31,35)(H,32,36)/b7-4+/t21-,22-,24+,29-/m1/s1. The average molecular weight is 601 g/mol. The lowest BCUT2D eigenvalue weighted by atomic mass is 10.1. The number of nitrogens with zero attached hydrogens (tertiary/aromatic N) is 1. The maximum Gasteiger partial charge on any atom is 0.407 e. The Morgan fingerprint density at radius 2 is 2.02 bits per heavy atom. The molecule has 2 aliphatic heterocycles. The van der Waals surface area contributed by atoms with Crippen LogP contribution in [0.5, 0.6) is 0 Å². The third kappa shape index (κ3) is 6.84. The molecule has 0 aromatic heterocycles. The maximum absolute atomic E-state index is 13.6. The quantitative estimate of drug-likeness (QED) is 0.413. The van der Waals surface area contributed by atoms with Gasteiger partial charge in [0, 0.05) is 18.9 Å². The third-order valence-electron chi connectivity index (χ3n) is 8.01. The van der Waals surface area contributed by atoms with Crippen molar-refractivity contribution in [3.63, 3.8) is 0 Å². The number of benzene rings is 1. The Morgan fingerprint density at radius 3 is 2.76 bits per heavy atom. The van der Waals surface area contributed by atoms with E-state index in [1.54, 1.807) is 0 Å². The molecule has 2 heterocycles. The van der Waals surface area contributed by atoms with E-state index in [0.717, 1.165) is 11.1 Å². The van der Waals surface area contributed by atoms with Crippen LogP contribution in [0.4, 0.5) is 4.79 Å². The largest absolute Gasteiger partial charge is 0.450 e. The molecule has 226 valence electrons. The highest BCUT2D eigenvalue weighted by atomic mass is 32.2. The van der Waals surface area contributed by atoms with Crippen molar-refractivity contribution < 1.29 is 37.1 Å². The van der Waals surface area contributed by atoms with Crippen molar-refractivity contribution in [1.82, 2.24) is 20.3 Å². The van der Waals surface area contributed by atoms with E-state index in [1.807, 2.05) is 36.4 Å². The van der Waals surface area contributed by atoms with Gasteiger partial charge in [0.1, 0.15) is 18.1 Å². The predicted octanol–water partition coefficient (Wildman–Crippen LogP) is 1.38. The minimum absolute atomic E-state index is 0.0907. The second kappa shape index (κ2) is 12.3. The zero-order valence-corrected chi connectivity index (χ0v) is 24.1. The monoisotopic (exact) mass is 600 g/mol. The van der Waals surface area contributed by atoms with Gasteiger partial charge in [-0.25, -0.2) is 13.2 Å². The first-order valence-corrected chi connectivity index (χ1v) is 15.7. The first kappa shape index (κ1) is 29.8. The van der Waals surface area contributed by atoms with Gasteiger partial charge in [-0.15, -0.1) is 6.58 Å². The van der Waals surface area contributed by atoms with Gasteiger partial charge in [-0.3, -0.25) is 19.1 Å². The highest BCUT2D eigenvalue weighted by Crippen LogP contribution is 2.45. The summed E-state index contributed by atoms with van der Waals surface area (Å²) in [4.78, 5) is 53.4. The van der Waals surface area contributed by atoms with E-state index in [-0.39, 0.29) is 32.6 Å². The van der Waals surface area contributed by atoms with E-state index in [0.29, 0.717) is 25.7 Å². The van der Waals surface area contributed by atoms with Crippen molar-refractivity contribution in [2.45, 2.75) is 68.1 Å². The van der Waals surface area contributed by atoms with Gasteiger partial charge in [-0.05, 0) is 49.3 Å². The van der Waals surface area contributed by atoms with E-state index in [1.165, 1.54) is 11.0 Å². The number of sulfonamides is 1. The molecule has 1 saturated heterocycles. The molecule has 1 aromatic rings.